The lowest BCUT2D eigenvalue weighted by Gasteiger charge is -2.28. The van der Waals surface area contributed by atoms with Gasteiger partial charge in [-0.1, -0.05) is 36.4 Å². The van der Waals surface area contributed by atoms with Gasteiger partial charge in [0, 0.05) is 19.6 Å². The standard InChI is InChI=1S/C18H20N4/c1-2-7-16-14-21(13-10-15(16)6-1)11-5-12-22-19-17-8-3-4-9-18(17)20-22/h1-4,6-9H,5,10-14H2. The van der Waals surface area contributed by atoms with E-state index in [4.69, 9.17) is 0 Å². The van der Waals surface area contributed by atoms with Crippen LogP contribution in [0.15, 0.2) is 48.5 Å². The first kappa shape index (κ1) is 13.5. The molecule has 2 aromatic carbocycles. The lowest BCUT2D eigenvalue weighted by molar-refractivity contribution is 0.243. The van der Waals surface area contributed by atoms with Crippen LogP contribution in [0.5, 0.6) is 0 Å². The van der Waals surface area contributed by atoms with Crippen LogP contribution in [-0.4, -0.2) is 33.0 Å². The fraction of sp³-hybridized carbons (Fsp3) is 0.333. The molecular weight excluding hydrogens is 272 g/mol. The van der Waals surface area contributed by atoms with E-state index in [0.717, 1.165) is 43.6 Å². The molecule has 1 aromatic heterocycles. The summed E-state index contributed by atoms with van der Waals surface area (Å²) in [4.78, 5) is 4.37. The van der Waals surface area contributed by atoms with Crippen LogP contribution in [0.4, 0.5) is 0 Å². The molecule has 2 heterocycles. The van der Waals surface area contributed by atoms with Gasteiger partial charge in [0.1, 0.15) is 11.0 Å². The third-order valence-corrected chi connectivity index (χ3v) is 4.37. The molecule has 4 nitrogen and oxygen atoms in total. The number of hydrogen-bond donors (Lipinski definition) is 0. The highest BCUT2D eigenvalue weighted by Crippen LogP contribution is 2.18. The zero-order valence-electron chi connectivity index (χ0n) is 12.7. The van der Waals surface area contributed by atoms with E-state index in [0.29, 0.717) is 0 Å². The summed E-state index contributed by atoms with van der Waals surface area (Å²) in [5.74, 6) is 0. The van der Waals surface area contributed by atoms with Crippen molar-refractivity contribution in [1.82, 2.24) is 19.9 Å². The average molecular weight is 292 g/mol. The van der Waals surface area contributed by atoms with Crippen LogP contribution in [0.1, 0.15) is 17.5 Å². The molecule has 3 aromatic rings. The van der Waals surface area contributed by atoms with Gasteiger partial charge in [0.15, 0.2) is 0 Å². The Balaban J connectivity index is 1.34. The number of aromatic nitrogens is 3. The topological polar surface area (TPSA) is 34.0 Å². The van der Waals surface area contributed by atoms with Crippen molar-refractivity contribution in [2.45, 2.75) is 25.9 Å². The molecule has 0 saturated heterocycles. The molecular formula is C18H20N4. The molecule has 0 unspecified atom stereocenters. The number of aryl methyl sites for hydroxylation is 1. The highest BCUT2D eigenvalue weighted by Gasteiger charge is 2.15. The molecule has 0 spiro atoms. The maximum absolute atomic E-state index is 4.52. The van der Waals surface area contributed by atoms with Gasteiger partial charge in [0.05, 0.1) is 6.54 Å². The minimum Gasteiger partial charge on any atom is -0.299 e. The lowest BCUT2D eigenvalue weighted by Crippen LogP contribution is -2.31. The van der Waals surface area contributed by atoms with Crippen LogP contribution in [0.25, 0.3) is 11.0 Å². The Morgan fingerprint density at radius 2 is 1.50 bits per heavy atom. The number of hydrogen-bond acceptors (Lipinski definition) is 3. The van der Waals surface area contributed by atoms with E-state index < -0.39 is 0 Å². The second-order valence-electron chi connectivity index (χ2n) is 5.93. The van der Waals surface area contributed by atoms with Crippen molar-refractivity contribution in [3.05, 3.63) is 59.7 Å². The van der Waals surface area contributed by atoms with E-state index in [2.05, 4.69) is 39.4 Å². The fourth-order valence-corrected chi connectivity index (χ4v) is 3.19. The summed E-state index contributed by atoms with van der Waals surface area (Å²) in [6, 6.07) is 16.8. The molecule has 4 heteroatoms. The minimum atomic E-state index is 0.882. The van der Waals surface area contributed by atoms with Gasteiger partial charge in [0.25, 0.3) is 0 Å². The van der Waals surface area contributed by atoms with Crippen molar-refractivity contribution < 1.29 is 0 Å². The van der Waals surface area contributed by atoms with Crippen molar-refractivity contribution in [3.8, 4) is 0 Å². The Kier molecular flexibility index (Phi) is 3.60. The van der Waals surface area contributed by atoms with Crippen LogP contribution in [-0.2, 0) is 19.5 Å². The van der Waals surface area contributed by atoms with Crippen molar-refractivity contribution in [2.24, 2.45) is 0 Å². The third kappa shape index (κ3) is 2.74. The van der Waals surface area contributed by atoms with Crippen LogP contribution in [0.3, 0.4) is 0 Å². The molecule has 0 radical (unpaired) electrons. The second-order valence-corrected chi connectivity index (χ2v) is 5.93. The van der Waals surface area contributed by atoms with Gasteiger partial charge < -0.3 is 0 Å². The number of benzene rings is 2. The monoisotopic (exact) mass is 292 g/mol. The molecule has 0 N–H and O–H groups in total. The summed E-state index contributed by atoms with van der Waals surface area (Å²) >= 11 is 0. The Labute approximate surface area is 130 Å². The van der Waals surface area contributed by atoms with Gasteiger partial charge in [-0.2, -0.15) is 15.0 Å². The molecule has 22 heavy (non-hydrogen) atoms. The summed E-state index contributed by atoms with van der Waals surface area (Å²) < 4.78 is 0. The Hall–Kier alpha value is -2.20. The highest BCUT2D eigenvalue weighted by atomic mass is 15.5. The van der Waals surface area contributed by atoms with E-state index in [-0.39, 0.29) is 0 Å². The molecule has 1 aliphatic heterocycles. The van der Waals surface area contributed by atoms with Gasteiger partial charge in [-0.25, -0.2) is 0 Å². The molecule has 0 fully saturated rings. The maximum Gasteiger partial charge on any atom is 0.113 e. The van der Waals surface area contributed by atoms with E-state index in [1.165, 1.54) is 17.5 Å². The first-order valence-corrected chi connectivity index (χ1v) is 7.97. The maximum atomic E-state index is 4.52. The second kappa shape index (κ2) is 5.89. The van der Waals surface area contributed by atoms with E-state index in [9.17, 15) is 0 Å². The van der Waals surface area contributed by atoms with Crippen LogP contribution < -0.4 is 0 Å². The fourth-order valence-electron chi connectivity index (χ4n) is 3.19. The Morgan fingerprint density at radius 1 is 0.818 bits per heavy atom. The van der Waals surface area contributed by atoms with E-state index >= 15 is 0 Å². The molecule has 112 valence electrons. The SMILES string of the molecule is c1ccc2c(c1)CCN(CCCn1nc3ccccc3n1)C2. The van der Waals surface area contributed by atoms with Crippen molar-refractivity contribution in [2.75, 3.05) is 13.1 Å². The highest BCUT2D eigenvalue weighted by molar-refractivity contribution is 5.72. The van der Waals surface area contributed by atoms with Gasteiger partial charge in [-0.05, 0) is 36.1 Å². The quantitative estimate of drug-likeness (QED) is 0.741. The molecule has 1 aliphatic rings. The average Bonchev–Trinajstić information content (AvgIpc) is 2.97. The zero-order valence-corrected chi connectivity index (χ0v) is 12.7. The zero-order chi connectivity index (χ0) is 14.8. The minimum absolute atomic E-state index is 0.882. The smallest absolute Gasteiger partial charge is 0.113 e. The molecule has 0 amide bonds. The van der Waals surface area contributed by atoms with Gasteiger partial charge in [0.2, 0.25) is 0 Å². The van der Waals surface area contributed by atoms with Crippen LogP contribution in [0, 0.1) is 0 Å². The van der Waals surface area contributed by atoms with Crippen molar-refractivity contribution >= 4 is 11.0 Å². The van der Waals surface area contributed by atoms with Gasteiger partial charge in [-0.15, -0.1) is 0 Å². The summed E-state index contributed by atoms with van der Waals surface area (Å²) in [5.41, 5.74) is 4.96. The molecule has 0 bridgehead atoms. The molecule has 0 atom stereocenters. The van der Waals surface area contributed by atoms with Crippen LogP contribution >= 0.6 is 0 Å². The number of fused-ring (bicyclic) bond motifs is 2. The largest absolute Gasteiger partial charge is 0.299 e. The lowest BCUT2D eigenvalue weighted by atomic mass is 10.00. The summed E-state index contributed by atoms with van der Waals surface area (Å²) in [7, 11) is 0. The summed E-state index contributed by atoms with van der Waals surface area (Å²) in [6.07, 6.45) is 2.25. The Morgan fingerprint density at radius 3 is 2.27 bits per heavy atom. The van der Waals surface area contributed by atoms with E-state index in [1.807, 2.05) is 29.1 Å². The third-order valence-electron chi connectivity index (χ3n) is 4.37. The summed E-state index contributed by atoms with van der Waals surface area (Å²) in [5, 5.41) is 9.04. The molecule has 0 aliphatic carbocycles. The first-order valence-electron chi connectivity index (χ1n) is 7.97. The van der Waals surface area contributed by atoms with Gasteiger partial charge in [-0.3, -0.25) is 4.90 Å². The molecule has 0 saturated carbocycles. The summed E-state index contributed by atoms with van der Waals surface area (Å²) in [6.45, 7) is 4.22. The first-order chi connectivity index (χ1) is 10.9. The Bertz CT molecular complexity index is 744. The number of nitrogens with zero attached hydrogens (tertiary/aromatic N) is 4. The predicted molar refractivity (Wildman–Crippen MR) is 87.6 cm³/mol. The van der Waals surface area contributed by atoms with Crippen LogP contribution in [0.2, 0.25) is 0 Å². The predicted octanol–water partition coefficient (Wildman–Crippen LogP) is 2.88. The van der Waals surface area contributed by atoms with Crippen molar-refractivity contribution in [3.63, 3.8) is 0 Å². The number of rotatable bonds is 4. The normalized spacial score (nSPS) is 15.1. The van der Waals surface area contributed by atoms with E-state index in [1.54, 1.807) is 0 Å². The van der Waals surface area contributed by atoms with Crippen molar-refractivity contribution in [1.29, 1.82) is 0 Å². The molecule has 4 rings (SSSR count). The van der Waals surface area contributed by atoms with Gasteiger partial charge >= 0.3 is 0 Å².